The summed E-state index contributed by atoms with van der Waals surface area (Å²) in [5.74, 6) is 0.723. The van der Waals surface area contributed by atoms with Gasteiger partial charge in [-0.25, -0.2) is 4.98 Å². The maximum Gasteiger partial charge on any atom is 0.131 e. The molecule has 1 atom stereocenters. The number of benzene rings is 1. The number of hydrogen-bond donors (Lipinski definition) is 1. The summed E-state index contributed by atoms with van der Waals surface area (Å²) in [4.78, 5) is 4.35. The Morgan fingerprint density at radius 3 is 2.78 bits per heavy atom. The van der Waals surface area contributed by atoms with Crippen LogP contribution in [0.15, 0.2) is 23.6 Å². The molecule has 0 bridgehead atoms. The van der Waals surface area contributed by atoms with Crippen LogP contribution < -0.4 is 4.74 Å². The largest absolute Gasteiger partial charge is 0.487 e. The Morgan fingerprint density at radius 1 is 1.39 bits per heavy atom. The zero-order valence-corrected chi connectivity index (χ0v) is 11.6. The van der Waals surface area contributed by atoms with E-state index in [-0.39, 0.29) is 0 Å². The summed E-state index contributed by atoms with van der Waals surface area (Å²) in [5.41, 5.74) is 2.86. The predicted molar refractivity (Wildman–Crippen MR) is 73.0 cm³/mol. The van der Waals surface area contributed by atoms with Gasteiger partial charge in [-0.1, -0.05) is 11.6 Å². The summed E-state index contributed by atoms with van der Waals surface area (Å²) in [6.45, 7) is 6.16. The van der Waals surface area contributed by atoms with Gasteiger partial charge in [-0.05, 0) is 32.9 Å². The van der Waals surface area contributed by atoms with Gasteiger partial charge >= 0.3 is 0 Å². The first-order chi connectivity index (χ1) is 8.56. The summed E-state index contributed by atoms with van der Waals surface area (Å²) in [6.07, 6.45) is -0.530. The zero-order chi connectivity index (χ0) is 13.1. The van der Waals surface area contributed by atoms with E-state index in [1.54, 1.807) is 18.3 Å². The minimum absolute atomic E-state index is 0.438. The maximum absolute atomic E-state index is 9.74. The average molecular weight is 263 g/mol. The first-order valence-electron chi connectivity index (χ1n) is 5.88. The lowest BCUT2D eigenvalue weighted by Crippen LogP contribution is -2.01. The fourth-order valence-electron chi connectivity index (χ4n) is 1.75. The maximum atomic E-state index is 9.74. The Balaban J connectivity index is 2.13. The van der Waals surface area contributed by atoms with Gasteiger partial charge in [0.25, 0.3) is 0 Å². The van der Waals surface area contributed by atoms with Gasteiger partial charge in [-0.15, -0.1) is 11.3 Å². The van der Waals surface area contributed by atoms with Crippen LogP contribution in [0.25, 0.3) is 0 Å². The fourth-order valence-corrected chi connectivity index (χ4v) is 2.35. The minimum atomic E-state index is -0.530. The van der Waals surface area contributed by atoms with E-state index in [4.69, 9.17) is 4.74 Å². The lowest BCUT2D eigenvalue weighted by Gasteiger charge is -2.13. The van der Waals surface area contributed by atoms with Crippen LogP contribution in [0.3, 0.4) is 0 Å². The quantitative estimate of drug-likeness (QED) is 0.919. The highest BCUT2D eigenvalue weighted by Gasteiger charge is 2.10. The van der Waals surface area contributed by atoms with Gasteiger partial charge in [-0.2, -0.15) is 0 Å². The first kappa shape index (κ1) is 13.1. The summed E-state index contributed by atoms with van der Waals surface area (Å²) >= 11 is 1.61. The summed E-state index contributed by atoms with van der Waals surface area (Å²) in [7, 11) is 0. The molecule has 2 rings (SSSR count). The van der Waals surface area contributed by atoms with E-state index in [0.29, 0.717) is 6.61 Å². The number of thiazole rings is 1. The average Bonchev–Trinajstić information content (AvgIpc) is 2.73. The highest BCUT2D eigenvalue weighted by Crippen LogP contribution is 2.27. The highest BCUT2D eigenvalue weighted by atomic mass is 32.1. The predicted octanol–water partition coefficient (Wildman–Crippen LogP) is 3.39. The summed E-state index contributed by atoms with van der Waals surface area (Å²) in [5, 5.41) is 12.8. The van der Waals surface area contributed by atoms with E-state index in [0.717, 1.165) is 27.6 Å². The van der Waals surface area contributed by atoms with Crippen molar-refractivity contribution in [2.45, 2.75) is 33.5 Å². The second kappa shape index (κ2) is 5.50. The van der Waals surface area contributed by atoms with E-state index in [1.165, 1.54) is 0 Å². The molecule has 0 amide bonds. The van der Waals surface area contributed by atoms with Crippen LogP contribution in [0.2, 0.25) is 0 Å². The van der Waals surface area contributed by atoms with Crippen molar-refractivity contribution in [2.75, 3.05) is 0 Å². The number of hydrogen-bond acceptors (Lipinski definition) is 4. The molecule has 4 heteroatoms. The highest BCUT2D eigenvalue weighted by molar-refractivity contribution is 7.09. The molecule has 0 fully saturated rings. The van der Waals surface area contributed by atoms with Gasteiger partial charge in [0.15, 0.2) is 0 Å². The number of rotatable bonds is 4. The van der Waals surface area contributed by atoms with Gasteiger partial charge in [0.05, 0.1) is 16.8 Å². The van der Waals surface area contributed by atoms with Crippen molar-refractivity contribution >= 4 is 11.3 Å². The molecule has 1 N–H and O–H groups in total. The molecular weight excluding hydrogens is 246 g/mol. The SMILES string of the molecule is Cc1ccc(OCc2csc(C)n2)c([C@@H](C)O)c1. The molecule has 0 aliphatic heterocycles. The Hall–Kier alpha value is -1.39. The monoisotopic (exact) mass is 263 g/mol. The molecule has 2 aromatic rings. The van der Waals surface area contributed by atoms with Crippen molar-refractivity contribution in [1.29, 1.82) is 0 Å². The molecule has 0 saturated heterocycles. The van der Waals surface area contributed by atoms with Crippen LogP contribution in [0.1, 0.15) is 34.9 Å². The molecule has 18 heavy (non-hydrogen) atoms. The van der Waals surface area contributed by atoms with Crippen LogP contribution in [0.5, 0.6) is 5.75 Å². The van der Waals surface area contributed by atoms with E-state index in [1.807, 2.05) is 37.4 Å². The Morgan fingerprint density at radius 2 is 2.17 bits per heavy atom. The summed E-state index contributed by atoms with van der Waals surface area (Å²) < 4.78 is 5.74. The molecule has 0 aliphatic rings. The third kappa shape index (κ3) is 3.09. The van der Waals surface area contributed by atoms with Crippen molar-refractivity contribution in [3.05, 3.63) is 45.4 Å². The molecule has 1 aromatic heterocycles. The molecule has 1 heterocycles. The Kier molecular flexibility index (Phi) is 3.99. The van der Waals surface area contributed by atoms with Crippen LogP contribution >= 0.6 is 11.3 Å². The number of aryl methyl sites for hydroxylation is 2. The lowest BCUT2D eigenvalue weighted by molar-refractivity contribution is 0.189. The van der Waals surface area contributed by atoms with Crippen LogP contribution in [0, 0.1) is 13.8 Å². The number of aliphatic hydroxyl groups is 1. The van der Waals surface area contributed by atoms with Gasteiger partial charge in [-0.3, -0.25) is 0 Å². The third-order valence-electron chi connectivity index (χ3n) is 2.66. The molecule has 0 aliphatic carbocycles. The number of aliphatic hydroxyl groups excluding tert-OH is 1. The van der Waals surface area contributed by atoms with E-state index < -0.39 is 6.10 Å². The molecule has 0 saturated carbocycles. The molecule has 0 unspecified atom stereocenters. The van der Waals surface area contributed by atoms with E-state index >= 15 is 0 Å². The smallest absolute Gasteiger partial charge is 0.131 e. The fraction of sp³-hybridized carbons (Fsp3) is 0.357. The second-order valence-electron chi connectivity index (χ2n) is 4.36. The standard InChI is InChI=1S/C14H17NO2S/c1-9-4-5-14(13(6-9)10(2)16)17-7-12-8-18-11(3)15-12/h4-6,8,10,16H,7H2,1-3H3/t10-/m1/s1. The molecule has 0 spiro atoms. The molecule has 1 aromatic carbocycles. The Bertz CT molecular complexity index is 534. The second-order valence-corrected chi connectivity index (χ2v) is 5.43. The topological polar surface area (TPSA) is 42.4 Å². The van der Waals surface area contributed by atoms with Gasteiger partial charge < -0.3 is 9.84 Å². The Labute approximate surface area is 111 Å². The minimum Gasteiger partial charge on any atom is -0.487 e. The lowest BCUT2D eigenvalue weighted by atomic mass is 10.1. The van der Waals surface area contributed by atoms with Gasteiger partial charge in [0.1, 0.15) is 12.4 Å². The van der Waals surface area contributed by atoms with Crippen molar-refractivity contribution in [3.8, 4) is 5.75 Å². The van der Waals surface area contributed by atoms with Crippen molar-refractivity contribution in [2.24, 2.45) is 0 Å². The first-order valence-corrected chi connectivity index (χ1v) is 6.76. The van der Waals surface area contributed by atoms with Crippen LogP contribution in [0.4, 0.5) is 0 Å². The number of nitrogens with zero attached hydrogens (tertiary/aromatic N) is 1. The molecule has 3 nitrogen and oxygen atoms in total. The number of aromatic nitrogens is 1. The van der Waals surface area contributed by atoms with Gasteiger partial charge in [0, 0.05) is 10.9 Å². The van der Waals surface area contributed by atoms with E-state index in [2.05, 4.69) is 4.98 Å². The molecular formula is C14H17NO2S. The van der Waals surface area contributed by atoms with Gasteiger partial charge in [0.2, 0.25) is 0 Å². The molecule has 0 radical (unpaired) electrons. The number of ether oxygens (including phenoxy) is 1. The molecule has 96 valence electrons. The van der Waals surface area contributed by atoms with Crippen molar-refractivity contribution in [3.63, 3.8) is 0 Å². The summed E-state index contributed by atoms with van der Waals surface area (Å²) in [6, 6.07) is 5.83. The normalized spacial score (nSPS) is 12.4. The van der Waals surface area contributed by atoms with Crippen molar-refractivity contribution < 1.29 is 9.84 Å². The van der Waals surface area contributed by atoms with E-state index in [9.17, 15) is 5.11 Å². The van der Waals surface area contributed by atoms with Crippen LogP contribution in [-0.2, 0) is 6.61 Å². The third-order valence-corrected chi connectivity index (χ3v) is 3.48. The van der Waals surface area contributed by atoms with Crippen molar-refractivity contribution in [1.82, 2.24) is 4.98 Å². The zero-order valence-electron chi connectivity index (χ0n) is 10.8. The van der Waals surface area contributed by atoms with Crippen LogP contribution in [-0.4, -0.2) is 10.1 Å².